The average Bonchev–Trinajstić information content (AvgIpc) is 2.82. The highest BCUT2D eigenvalue weighted by Gasteiger charge is 2.34. The molecule has 2 aromatic rings. The van der Waals surface area contributed by atoms with Gasteiger partial charge < -0.3 is 19.3 Å². The minimum Gasteiger partial charge on any atom is -0.496 e. The van der Waals surface area contributed by atoms with Crippen LogP contribution in [0.3, 0.4) is 0 Å². The third-order valence-corrected chi connectivity index (χ3v) is 6.19. The number of benzene rings is 1. The number of piperazine rings is 1. The van der Waals surface area contributed by atoms with E-state index in [-0.39, 0.29) is 23.8 Å². The summed E-state index contributed by atoms with van der Waals surface area (Å²) < 4.78 is 25.6. The molecule has 1 amide bonds. The van der Waals surface area contributed by atoms with E-state index in [0.29, 0.717) is 50.5 Å². The Morgan fingerprint density at radius 3 is 2.59 bits per heavy atom. The summed E-state index contributed by atoms with van der Waals surface area (Å²) in [5, 5.41) is 0. The summed E-state index contributed by atoms with van der Waals surface area (Å²) in [6.07, 6.45) is 1.85. The minimum atomic E-state index is -0.297. The Morgan fingerprint density at radius 2 is 1.94 bits per heavy atom. The third kappa shape index (κ3) is 4.00. The van der Waals surface area contributed by atoms with E-state index >= 15 is 0 Å². The Bertz CT molecular complexity index is 1020. The Morgan fingerprint density at radius 1 is 1.19 bits per heavy atom. The molecule has 9 heteroatoms. The van der Waals surface area contributed by atoms with Crippen LogP contribution in [-0.2, 0) is 17.8 Å². The van der Waals surface area contributed by atoms with E-state index in [1.54, 1.807) is 31.3 Å². The summed E-state index contributed by atoms with van der Waals surface area (Å²) in [5.41, 5.74) is 2.37. The van der Waals surface area contributed by atoms with Gasteiger partial charge in [-0.15, -0.1) is 0 Å². The van der Waals surface area contributed by atoms with Gasteiger partial charge in [0, 0.05) is 56.3 Å². The molecule has 4 rings (SSSR count). The number of rotatable bonds is 5. The number of halogens is 1. The number of amides is 1. The van der Waals surface area contributed by atoms with Crippen molar-refractivity contribution in [1.82, 2.24) is 19.8 Å². The second-order valence-corrected chi connectivity index (χ2v) is 7.97. The van der Waals surface area contributed by atoms with E-state index in [4.69, 9.17) is 9.47 Å². The first kappa shape index (κ1) is 22.0. The Kier molecular flexibility index (Phi) is 6.27. The van der Waals surface area contributed by atoms with E-state index in [0.717, 1.165) is 17.1 Å². The van der Waals surface area contributed by atoms with E-state index in [1.165, 1.54) is 12.1 Å². The van der Waals surface area contributed by atoms with Crippen molar-refractivity contribution < 1.29 is 18.7 Å². The summed E-state index contributed by atoms with van der Waals surface area (Å²) in [6.45, 7) is 6.62. The smallest absolute Gasteiger partial charge is 0.318 e. The first-order valence-corrected chi connectivity index (χ1v) is 10.6. The van der Waals surface area contributed by atoms with E-state index in [2.05, 4.69) is 26.3 Å². The van der Waals surface area contributed by atoms with Crippen LogP contribution >= 0.6 is 0 Å². The second-order valence-electron chi connectivity index (χ2n) is 7.97. The van der Waals surface area contributed by atoms with Gasteiger partial charge in [-0.2, -0.15) is 9.97 Å². The van der Waals surface area contributed by atoms with Crippen molar-refractivity contribution in [3.8, 4) is 11.8 Å². The fourth-order valence-electron chi connectivity index (χ4n) is 4.49. The first-order chi connectivity index (χ1) is 15.5. The quantitative estimate of drug-likeness (QED) is 0.659. The summed E-state index contributed by atoms with van der Waals surface area (Å²) in [7, 11) is 5.06. The summed E-state index contributed by atoms with van der Waals surface area (Å²) in [6, 6.07) is 4.93. The second kappa shape index (κ2) is 9.12. The number of anilines is 1. The molecular weight excluding hydrogens is 413 g/mol. The van der Waals surface area contributed by atoms with Gasteiger partial charge in [-0.05, 0) is 25.3 Å². The van der Waals surface area contributed by atoms with Crippen molar-refractivity contribution in [2.75, 3.05) is 52.3 Å². The first-order valence-electron chi connectivity index (χ1n) is 10.6. The number of methoxy groups -OCH3 is 2. The van der Waals surface area contributed by atoms with Crippen LogP contribution in [0.5, 0.6) is 11.8 Å². The molecule has 1 atom stereocenters. The Balaban J connectivity index is 1.67. The van der Waals surface area contributed by atoms with Crippen molar-refractivity contribution in [3.05, 3.63) is 53.5 Å². The van der Waals surface area contributed by atoms with E-state index in [9.17, 15) is 9.18 Å². The molecule has 0 N–H and O–H groups in total. The highest BCUT2D eigenvalue weighted by atomic mass is 19.1. The van der Waals surface area contributed by atoms with Gasteiger partial charge in [0.2, 0.25) is 5.91 Å². The van der Waals surface area contributed by atoms with Crippen LogP contribution in [0, 0.1) is 5.82 Å². The number of ether oxygens (including phenoxy) is 2. The van der Waals surface area contributed by atoms with Gasteiger partial charge in [-0.1, -0.05) is 12.6 Å². The molecule has 1 aromatic heterocycles. The van der Waals surface area contributed by atoms with Crippen molar-refractivity contribution in [2.24, 2.45) is 0 Å². The molecule has 3 heterocycles. The van der Waals surface area contributed by atoms with E-state index < -0.39 is 0 Å². The minimum absolute atomic E-state index is 0.0617. The number of fused-ring (bicyclic) bond motifs is 1. The number of aromatic nitrogens is 2. The van der Waals surface area contributed by atoms with Crippen LogP contribution in [0.4, 0.5) is 10.2 Å². The van der Waals surface area contributed by atoms with Gasteiger partial charge in [-0.3, -0.25) is 9.69 Å². The molecule has 2 aliphatic rings. The fraction of sp³-hybridized carbons (Fsp3) is 0.435. The molecule has 1 aromatic carbocycles. The third-order valence-electron chi connectivity index (χ3n) is 6.19. The maximum atomic E-state index is 14.8. The molecule has 1 unspecified atom stereocenters. The predicted molar refractivity (Wildman–Crippen MR) is 118 cm³/mol. The molecule has 0 spiro atoms. The molecule has 0 saturated carbocycles. The molecular formula is C23H28FN5O3. The van der Waals surface area contributed by atoms with Crippen LogP contribution in [0.25, 0.3) is 0 Å². The van der Waals surface area contributed by atoms with Gasteiger partial charge >= 0.3 is 6.01 Å². The monoisotopic (exact) mass is 441 g/mol. The van der Waals surface area contributed by atoms with Crippen molar-refractivity contribution >= 4 is 11.7 Å². The molecule has 2 aliphatic heterocycles. The van der Waals surface area contributed by atoms with Gasteiger partial charge in [0.25, 0.3) is 0 Å². The molecule has 0 radical (unpaired) electrons. The Labute approximate surface area is 187 Å². The molecule has 0 aliphatic carbocycles. The normalized spacial score (nSPS) is 18.8. The zero-order chi connectivity index (χ0) is 22.8. The summed E-state index contributed by atoms with van der Waals surface area (Å²) in [5.74, 6) is 0.972. The highest BCUT2D eigenvalue weighted by molar-refractivity contribution is 5.87. The zero-order valence-corrected chi connectivity index (χ0v) is 18.7. The van der Waals surface area contributed by atoms with Gasteiger partial charge in [0.05, 0.1) is 19.9 Å². The fourth-order valence-corrected chi connectivity index (χ4v) is 4.49. The topological polar surface area (TPSA) is 71.0 Å². The highest BCUT2D eigenvalue weighted by Crippen LogP contribution is 2.40. The Hall–Kier alpha value is -3.20. The van der Waals surface area contributed by atoms with E-state index in [1.807, 2.05) is 7.05 Å². The SMILES string of the molecule is C=CC(=O)N1CCN(c2nc(OC)nc3c2CN(C)C(c2c(F)cccc2OC)C3)CC1. The zero-order valence-electron chi connectivity index (χ0n) is 18.7. The summed E-state index contributed by atoms with van der Waals surface area (Å²) in [4.78, 5) is 27.2. The molecule has 8 nitrogen and oxygen atoms in total. The van der Waals surface area contributed by atoms with Crippen molar-refractivity contribution in [1.29, 1.82) is 0 Å². The average molecular weight is 442 g/mol. The van der Waals surface area contributed by atoms with Crippen LogP contribution in [0.15, 0.2) is 30.9 Å². The standard InChI is InChI=1S/C23H28FN5O3/c1-5-20(30)28-9-11-29(12-10-28)22-15-14-27(2)18(13-17(15)25-23(26-22)32-4)21-16(24)7-6-8-19(21)31-3/h5-8,18H,1,9-14H2,2-4H3. The lowest BCUT2D eigenvalue weighted by Crippen LogP contribution is -2.49. The summed E-state index contributed by atoms with van der Waals surface area (Å²) >= 11 is 0. The number of likely N-dealkylation sites (N-methyl/N-ethyl adjacent to an activating group) is 1. The molecule has 1 saturated heterocycles. The molecule has 0 bridgehead atoms. The van der Waals surface area contributed by atoms with Gasteiger partial charge in [-0.25, -0.2) is 4.39 Å². The largest absolute Gasteiger partial charge is 0.496 e. The van der Waals surface area contributed by atoms with Gasteiger partial charge in [0.1, 0.15) is 17.4 Å². The number of carbonyl (C=O) groups is 1. The molecule has 1 fully saturated rings. The molecule has 170 valence electrons. The maximum Gasteiger partial charge on any atom is 0.318 e. The van der Waals surface area contributed by atoms with Gasteiger partial charge in [0.15, 0.2) is 0 Å². The number of hydrogen-bond donors (Lipinski definition) is 0. The maximum absolute atomic E-state index is 14.8. The van der Waals surface area contributed by atoms with Crippen LogP contribution < -0.4 is 14.4 Å². The number of carbonyl (C=O) groups excluding carboxylic acids is 1. The molecule has 32 heavy (non-hydrogen) atoms. The lowest BCUT2D eigenvalue weighted by molar-refractivity contribution is -0.126. The lowest BCUT2D eigenvalue weighted by atomic mass is 9.92. The van der Waals surface area contributed by atoms with Crippen molar-refractivity contribution in [3.63, 3.8) is 0 Å². The predicted octanol–water partition coefficient (Wildman–Crippen LogP) is 2.20. The lowest BCUT2D eigenvalue weighted by Gasteiger charge is -2.39. The van der Waals surface area contributed by atoms with Crippen molar-refractivity contribution in [2.45, 2.75) is 19.0 Å². The van der Waals surface area contributed by atoms with Crippen LogP contribution in [0.2, 0.25) is 0 Å². The number of nitrogens with zero attached hydrogens (tertiary/aromatic N) is 5. The number of hydrogen-bond acceptors (Lipinski definition) is 7. The van der Waals surface area contributed by atoms with Crippen LogP contribution in [-0.4, -0.2) is 73.1 Å². The van der Waals surface area contributed by atoms with Crippen LogP contribution in [0.1, 0.15) is 22.9 Å².